The lowest BCUT2D eigenvalue weighted by atomic mass is 10.0. The number of rotatable bonds is 7. The fourth-order valence-corrected chi connectivity index (χ4v) is 5.94. The number of alkyl halides is 3. The highest BCUT2D eigenvalue weighted by Crippen LogP contribution is 2.30. The molecule has 5 aromatic rings. The third kappa shape index (κ3) is 5.87. The van der Waals surface area contributed by atoms with E-state index in [0.29, 0.717) is 42.1 Å². The topological polar surface area (TPSA) is 100 Å². The van der Waals surface area contributed by atoms with E-state index in [4.69, 9.17) is 14.7 Å². The number of nitrogens with one attached hydrogen (secondary N) is 2. The van der Waals surface area contributed by atoms with Crippen LogP contribution in [0.5, 0.6) is 0 Å². The highest BCUT2D eigenvalue weighted by Gasteiger charge is 2.30. The van der Waals surface area contributed by atoms with E-state index >= 15 is 0 Å². The summed E-state index contributed by atoms with van der Waals surface area (Å²) in [5, 5.41) is 3.41. The van der Waals surface area contributed by atoms with Crippen molar-refractivity contribution in [2.24, 2.45) is 0 Å². The number of fused-ring (bicyclic) bond motifs is 2. The lowest BCUT2D eigenvalue weighted by Crippen LogP contribution is -2.49. The molecule has 43 heavy (non-hydrogen) atoms. The van der Waals surface area contributed by atoms with Crippen molar-refractivity contribution in [3.8, 4) is 0 Å². The zero-order valence-electron chi connectivity index (χ0n) is 23.5. The van der Waals surface area contributed by atoms with Crippen molar-refractivity contribution < 1.29 is 17.9 Å². The second kappa shape index (κ2) is 11.5. The Morgan fingerprint density at radius 2 is 1.70 bits per heavy atom. The third-order valence-corrected chi connectivity index (χ3v) is 8.26. The normalized spacial score (nSPS) is 17.2. The quantitative estimate of drug-likeness (QED) is 0.282. The zero-order valence-corrected chi connectivity index (χ0v) is 23.5. The summed E-state index contributed by atoms with van der Waals surface area (Å²) >= 11 is 0. The van der Waals surface area contributed by atoms with E-state index in [9.17, 15) is 13.2 Å². The van der Waals surface area contributed by atoms with E-state index in [1.807, 2.05) is 28.8 Å². The molecule has 3 aromatic heterocycles. The smallest absolute Gasteiger partial charge is 0.379 e. The van der Waals surface area contributed by atoms with E-state index in [2.05, 4.69) is 30.1 Å². The maximum absolute atomic E-state index is 13.1. The SMILES string of the molecule is FC(F)(F)c1ccc(Cn2cnc3c(NCc4nc5ccccc5[nH]4)nc(N4CCC(N5CCOCC5)CC4)nc32)cc1. The number of aromatic amines is 1. The first kappa shape index (κ1) is 27.6. The molecule has 10 nitrogen and oxygen atoms in total. The minimum Gasteiger partial charge on any atom is -0.379 e. The van der Waals surface area contributed by atoms with Gasteiger partial charge in [0.1, 0.15) is 5.82 Å². The fraction of sp³-hybridized carbons (Fsp3) is 0.400. The largest absolute Gasteiger partial charge is 0.416 e. The van der Waals surface area contributed by atoms with Crippen molar-refractivity contribution in [3.05, 3.63) is 71.8 Å². The molecule has 0 bridgehead atoms. The number of H-pyrrole nitrogens is 1. The molecule has 0 radical (unpaired) electrons. The Balaban J connectivity index is 1.16. The molecule has 13 heteroatoms. The predicted octanol–water partition coefficient (Wildman–Crippen LogP) is 4.68. The van der Waals surface area contributed by atoms with Gasteiger partial charge in [-0.15, -0.1) is 0 Å². The van der Waals surface area contributed by atoms with Crippen LogP contribution in [0.25, 0.3) is 22.2 Å². The number of anilines is 2. The van der Waals surface area contributed by atoms with E-state index in [1.165, 1.54) is 12.1 Å². The van der Waals surface area contributed by atoms with Gasteiger partial charge in [-0.3, -0.25) is 4.90 Å². The molecule has 0 atom stereocenters. The van der Waals surface area contributed by atoms with Gasteiger partial charge in [-0.1, -0.05) is 24.3 Å². The van der Waals surface area contributed by atoms with E-state index < -0.39 is 11.7 Å². The van der Waals surface area contributed by atoms with Gasteiger partial charge in [0, 0.05) is 32.2 Å². The Hall–Kier alpha value is -4.23. The van der Waals surface area contributed by atoms with E-state index in [0.717, 1.165) is 86.8 Å². The molecule has 7 rings (SSSR count). The number of hydrogen-bond donors (Lipinski definition) is 2. The van der Waals surface area contributed by atoms with Gasteiger partial charge in [0.15, 0.2) is 17.0 Å². The van der Waals surface area contributed by atoms with Crippen molar-refractivity contribution >= 4 is 34.0 Å². The predicted molar refractivity (Wildman–Crippen MR) is 157 cm³/mol. The Kier molecular flexibility index (Phi) is 7.35. The molecule has 0 spiro atoms. The Morgan fingerprint density at radius 3 is 2.44 bits per heavy atom. The molecule has 2 N–H and O–H groups in total. The number of morpholine rings is 1. The van der Waals surface area contributed by atoms with Gasteiger partial charge in [0.2, 0.25) is 5.95 Å². The number of benzene rings is 2. The third-order valence-electron chi connectivity index (χ3n) is 8.26. The van der Waals surface area contributed by atoms with Crippen LogP contribution in [0.3, 0.4) is 0 Å². The second-order valence-corrected chi connectivity index (χ2v) is 11.0. The standard InChI is InChI=1S/C30H32F3N9O/c31-30(32,33)21-7-5-20(6-8-21)18-42-19-35-26-27(34-17-25-36-23-3-1-2-4-24(23)37-25)38-29(39-28(26)42)41-11-9-22(10-12-41)40-13-15-43-16-14-40/h1-8,19,22H,9-18H2,(H,36,37)(H,34,38,39). The summed E-state index contributed by atoms with van der Waals surface area (Å²) in [6, 6.07) is 13.6. The van der Waals surface area contributed by atoms with Gasteiger partial charge in [-0.2, -0.15) is 23.1 Å². The van der Waals surface area contributed by atoms with Crippen molar-refractivity contribution in [1.29, 1.82) is 0 Å². The van der Waals surface area contributed by atoms with Gasteiger partial charge >= 0.3 is 6.18 Å². The molecule has 2 aliphatic heterocycles. The van der Waals surface area contributed by atoms with Gasteiger partial charge < -0.3 is 24.5 Å². The van der Waals surface area contributed by atoms with Gasteiger partial charge in [-0.25, -0.2) is 9.97 Å². The number of aromatic nitrogens is 6. The van der Waals surface area contributed by atoms with Crippen LogP contribution < -0.4 is 10.2 Å². The van der Waals surface area contributed by atoms with Crippen LogP contribution in [-0.4, -0.2) is 79.8 Å². The molecule has 0 amide bonds. The molecular weight excluding hydrogens is 559 g/mol. The maximum atomic E-state index is 13.1. The summed E-state index contributed by atoms with van der Waals surface area (Å²) in [7, 11) is 0. The van der Waals surface area contributed by atoms with Crippen molar-refractivity contribution in [1.82, 2.24) is 34.4 Å². The molecular formula is C30H32F3N9O. The molecule has 0 saturated carbocycles. The van der Waals surface area contributed by atoms with Crippen molar-refractivity contribution in [2.45, 2.75) is 38.1 Å². The summed E-state index contributed by atoms with van der Waals surface area (Å²) in [6.45, 7) is 5.87. The van der Waals surface area contributed by atoms with E-state index in [1.54, 1.807) is 6.33 Å². The summed E-state index contributed by atoms with van der Waals surface area (Å²) in [5.74, 6) is 1.96. The van der Waals surface area contributed by atoms with Gasteiger partial charge in [0.25, 0.3) is 0 Å². The first-order chi connectivity index (χ1) is 20.9. The monoisotopic (exact) mass is 591 g/mol. The number of ether oxygens (including phenoxy) is 1. The molecule has 2 fully saturated rings. The average Bonchev–Trinajstić information content (AvgIpc) is 3.64. The number of nitrogens with zero attached hydrogens (tertiary/aromatic N) is 7. The van der Waals surface area contributed by atoms with Gasteiger partial charge in [-0.05, 0) is 42.7 Å². The average molecular weight is 592 g/mol. The minimum atomic E-state index is -4.38. The Bertz CT molecular complexity index is 1670. The lowest BCUT2D eigenvalue weighted by molar-refractivity contribution is -0.137. The number of piperidine rings is 1. The number of para-hydroxylation sites is 2. The molecule has 0 aliphatic carbocycles. The molecule has 2 aliphatic rings. The first-order valence-electron chi connectivity index (χ1n) is 14.5. The highest BCUT2D eigenvalue weighted by atomic mass is 19.4. The van der Waals surface area contributed by atoms with Crippen LogP contribution in [0.4, 0.5) is 24.9 Å². The highest BCUT2D eigenvalue weighted by molar-refractivity contribution is 5.84. The second-order valence-electron chi connectivity index (χ2n) is 11.0. The number of halogens is 3. The maximum Gasteiger partial charge on any atom is 0.416 e. The van der Waals surface area contributed by atoms with Crippen LogP contribution in [0.2, 0.25) is 0 Å². The molecule has 5 heterocycles. The summed E-state index contributed by atoms with van der Waals surface area (Å²) in [6.07, 6.45) is -0.697. The molecule has 0 unspecified atom stereocenters. The van der Waals surface area contributed by atoms with Crippen LogP contribution in [0.1, 0.15) is 29.8 Å². The van der Waals surface area contributed by atoms with Gasteiger partial charge in [0.05, 0.1) is 49.2 Å². The molecule has 224 valence electrons. The fourth-order valence-electron chi connectivity index (χ4n) is 5.94. The number of imidazole rings is 2. The molecule has 2 saturated heterocycles. The van der Waals surface area contributed by atoms with E-state index in [-0.39, 0.29) is 0 Å². The van der Waals surface area contributed by atoms with Crippen LogP contribution in [0, 0.1) is 0 Å². The number of hydrogen-bond acceptors (Lipinski definition) is 8. The summed E-state index contributed by atoms with van der Waals surface area (Å²) in [5.41, 5.74) is 3.10. The summed E-state index contributed by atoms with van der Waals surface area (Å²) in [4.78, 5) is 27.2. The van der Waals surface area contributed by atoms with Crippen molar-refractivity contribution in [3.63, 3.8) is 0 Å². The Labute approximate surface area is 245 Å². The molecule has 2 aromatic carbocycles. The lowest BCUT2D eigenvalue weighted by Gasteiger charge is -2.40. The minimum absolute atomic E-state index is 0.327. The van der Waals surface area contributed by atoms with Crippen molar-refractivity contribution in [2.75, 3.05) is 49.6 Å². The van der Waals surface area contributed by atoms with Crippen LogP contribution in [0.15, 0.2) is 54.9 Å². The summed E-state index contributed by atoms with van der Waals surface area (Å²) < 4.78 is 46.7. The first-order valence-corrected chi connectivity index (χ1v) is 14.5. The van der Waals surface area contributed by atoms with Crippen LogP contribution >= 0.6 is 0 Å². The van der Waals surface area contributed by atoms with Crippen LogP contribution in [-0.2, 0) is 24.0 Å². The Morgan fingerprint density at radius 1 is 0.930 bits per heavy atom. The zero-order chi connectivity index (χ0) is 29.4.